The maximum Gasteiger partial charge on any atom is 0.267 e. The summed E-state index contributed by atoms with van der Waals surface area (Å²) >= 11 is 1.69. The molecule has 2 rings (SSSR count). The van der Waals surface area contributed by atoms with Gasteiger partial charge in [0.1, 0.15) is 0 Å². The van der Waals surface area contributed by atoms with Gasteiger partial charge in [-0.25, -0.2) is 5.48 Å². The lowest BCUT2D eigenvalue weighted by molar-refractivity contribution is -0.124. The van der Waals surface area contributed by atoms with Gasteiger partial charge in [-0.15, -0.1) is 11.3 Å². The maximum absolute atomic E-state index is 10.8. The number of thiophene rings is 1. The molecule has 0 bridgehead atoms. The van der Waals surface area contributed by atoms with E-state index < -0.39 is 5.91 Å². The van der Waals surface area contributed by atoms with Crippen LogP contribution in [0.3, 0.4) is 0 Å². The smallest absolute Gasteiger partial charge is 0.267 e. The molecule has 0 saturated heterocycles. The van der Waals surface area contributed by atoms with Gasteiger partial charge in [-0.3, -0.25) is 10.0 Å². The molecule has 0 aliphatic heterocycles. The van der Waals surface area contributed by atoms with E-state index in [0.29, 0.717) is 0 Å². The minimum absolute atomic E-state index is 0.535. The van der Waals surface area contributed by atoms with Gasteiger partial charge in [-0.1, -0.05) is 30.3 Å². The molecule has 1 amide bonds. The largest absolute Gasteiger partial charge is 0.288 e. The predicted molar refractivity (Wildman–Crippen MR) is 68.7 cm³/mol. The minimum Gasteiger partial charge on any atom is -0.288 e. The summed E-state index contributed by atoms with van der Waals surface area (Å²) in [6.45, 7) is 0. The SMILES string of the molecule is O=C(/C=C/c1ccc(-c2cccs2)cc1)NO. The molecule has 0 saturated carbocycles. The average molecular weight is 245 g/mol. The van der Waals surface area contributed by atoms with Crippen LogP contribution >= 0.6 is 11.3 Å². The van der Waals surface area contributed by atoms with Gasteiger partial charge >= 0.3 is 0 Å². The van der Waals surface area contributed by atoms with Crippen molar-refractivity contribution in [2.24, 2.45) is 0 Å². The average Bonchev–Trinajstić information content (AvgIpc) is 2.90. The van der Waals surface area contributed by atoms with Crippen molar-refractivity contribution in [3.05, 3.63) is 53.4 Å². The van der Waals surface area contributed by atoms with Gasteiger partial charge in [0, 0.05) is 11.0 Å². The highest BCUT2D eigenvalue weighted by molar-refractivity contribution is 7.13. The molecule has 0 aliphatic carbocycles. The summed E-state index contributed by atoms with van der Waals surface area (Å²) in [5.41, 5.74) is 3.61. The number of carbonyl (C=O) groups is 1. The number of hydroxylamine groups is 1. The second kappa shape index (κ2) is 5.43. The van der Waals surface area contributed by atoms with Crippen LogP contribution in [0, 0.1) is 0 Å². The number of carbonyl (C=O) groups excluding carboxylic acids is 1. The lowest BCUT2D eigenvalue weighted by Crippen LogP contribution is -2.14. The van der Waals surface area contributed by atoms with Crippen LogP contribution in [0.25, 0.3) is 16.5 Å². The molecule has 86 valence electrons. The molecule has 2 aromatic rings. The molecule has 17 heavy (non-hydrogen) atoms. The van der Waals surface area contributed by atoms with Crippen LogP contribution in [0.1, 0.15) is 5.56 Å². The quantitative estimate of drug-likeness (QED) is 0.496. The van der Waals surface area contributed by atoms with Crippen molar-refractivity contribution in [3.8, 4) is 10.4 Å². The second-order valence-corrected chi connectivity index (χ2v) is 4.36. The molecule has 0 radical (unpaired) electrons. The molecule has 4 heteroatoms. The van der Waals surface area contributed by atoms with E-state index in [4.69, 9.17) is 5.21 Å². The molecule has 0 unspecified atom stereocenters. The molecule has 1 heterocycles. The topological polar surface area (TPSA) is 49.3 Å². The van der Waals surface area contributed by atoms with Gasteiger partial charge in [0.25, 0.3) is 5.91 Å². The third-order valence-electron chi connectivity index (χ3n) is 2.25. The van der Waals surface area contributed by atoms with Gasteiger partial charge in [-0.2, -0.15) is 0 Å². The highest BCUT2D eigenvalue weighted by atomic mass is 32.1. The van der Waals surface area contributed by atoms with E-state index in [0.717, 1.165) is 11.1 Å². The van der Waals surface area contributed by atoms with Crippen LogP contribution in [0.4, 0.5) is 0 Å². The maximum atomic E-state index is 10.8. The lowest BCUT2D eigenvalue weighted by atomic mass is 10.1. The van der Waals surface area contributed by atoms with E-state index in [1.807, 2.05) is 35.7 Å². The van der Waals surface area contributed by atoms with E-state index in [1.165, 1.54) is 11.0 Å². The van der Waals surface area contributed by atoms with Crippen LogP contribution in [0.15, 0.2) is 47.9 Å². The van der Waals surface area contributed by atoms with Crippen molar-refractivity contribution in [3.63, 3.8) is 0 Å². The molecule has 1 aromatic carbocycles. The first-order valence-corrected chi connectivity index (χ1v) is 5.93. The Morgan fingerprint density at radius 2 is 2.00 bits per heavy atom. The zero-order chi connectivity index (χ0) is 12.1. The fourth-order valence-electron chi connectivity index (χ4n) is 1.41. The summed E-state index contributed by atoms with van der Waals surface area (Å²) in [6, 6.07) is 11.9. The summed E-state index contributed by atoms with van der Waals surface area (Å²) in [4.78, 5) is 12.0. The second-order valence-electron chi connectivity index (χ2n) is 3.41. The third kappa shape index (κ3) is 3.03. The van der Waals surface area contributed by atoms with Crippen molar-refractivity contribution in [1.82, 2.24) is 5.48 Å². The normalized spacial score (nSPS) is 10.6. The van der Waals surface area contributed by atoms with Gasteiger partial charge in [-0.05, 0) is 28.6 Å². The number of benzene rings is 1. The Balaban J connectivity index is 2.14. The molecular weight excluding hydrogens is 234 g/mol. The Bertz CT molecular complexity index is 515. The summed E-state index contributed by atoms with van der Waals surface area (Å²) < 4.78 is 0. The monoisotopic (exact) mass is 245 g/mol. The van der Waals surface area contributed by atoms with E-state index in [9.17, 15) is 4.79 Å². The first kappa shape index (κ1) is 11.6. The van der Waals surface area contributed by atoms with Crippen LogP contribution in [-0.2, 0) is 4.79 Å². The van der Waals surface area contributed by atoms with Crippen LogP contribution in [0.2, 0.25) is 0 Å². The fraction of sp³-hybridized carbons (Fsp3) is 0. The zero-order valence-corrected chi connectivity index (χ0v) is 9.78. The molecule has 2 N–H and O–H groups in total. The van der Waals surface area contributed by atoms with Crippen molar-refractivity contribution < 1.29 is 10.0 Å². The summed E-state index contributed by atoms with van der Waals surface area (Å²) in [7, 11) is 0. The van der Waals surface area contributed by atoms with E-state index in [1.54, 1.807) is 22.9 Å². The van der Waals surface area contributed by atoms with Crippen molar-refractivity contribution in [2.75, 3.05) is 0 Å². The molecular formula is C13H11NO2S. The molecule has 0 fully saturated rings. The molecule has 0 spiro atoms. The minimum atomic E-state index is -0.535. The zero-order valence-electron chi connectivity index (χ0n) is 8.96. The van der Waals surface area contributed by atoms with Crippen LogP contribution in [0.5, 0.6) is 0 Å². The van der Waals surface area contributed by atoms with E-state index in [2.05, 4.69) is 6.07 Å². The van der Waals surface area contributed by atoms with Gasteiger partial charge < -0.3 is 0 Å². The molecule has 1 aromatic heterocycles. The molecule has 0 aliphatic rings. The van der Waals surface area contributed by atoms with Gasteiger partial charge in [0.05, 0.1) is 0 Å². The lowest BCUT2D eigenvalue weighted by Gasteiger charge is -1.98. The Morgan fingerprint density at radius 1 is 1.24 bits per heavy atom. The van der Waals surface area contributed by atoms with Crippen LogP contribution < -0.4 is 5.48 Å². The predicted octanol–water partition coefficient (Wildman–Crippen LogP) is 2.93. The Morgan fingerprint density at radius 3 is 2.59 bits per heavy atom. The Kier molecular flexibility index (Phi) is 3.69. The highest BCUT2D eigenvalue weighted by Crippen LogP contribution is 2.24. The van der Waals surface area contributed by atoms with E-state index in [-0.39, 0.29) is 0 Å². The number of amides is 1. The Hall–Kier alpha value is -1.91. The van der Waals surface area contributed by atoms with Crippen molar-refractivity contribution in [2.45, 2.75) is 0 Å². The summed E-state index contributed by atoms with van der Waals surface area (Å²) in [5.74, 6) is -0.535. The van der Waals surface area contributed by atoms with E-state index >= 15 is 0 Å². The molecule has 3 nitrogen and oxygen atoms in total. The van der Waals surface area contributed by atoms with Crippen molar-refractivity contribution in [1.29, 1.82) is 0 Å². The number of hydrogen-bond acceptors (Lipinski definition) is 3. The first-order valence-electron chi connectivity index (χ1n) is 5.05. The summed E-state index contributed by atoms with van der Waals surface area (Å²) in [6.07, 6.45) is 2.92. The molecule has 0 atom stereocenters. The highest BCUT2D eigenvalue weighted by Gasteiger charge is 1.97. The third-order valence-corrected chi connectivity index (χ3v) is 3.17. The Labute approximate surface area is 103 Å². The standard InChI is InChI=1S/C13H11NO2S/c15-13(14-16)8-5-10-3-6-11(7-4-10)12-2-1-9-17-12/h1-9,16H,(H,14,15)/b8-5+. The number of rotatable bonds is 3. The van der Waals surface area contributed by atoms with Crippen molar-refractivity contribution >= 4 is 23.3 Å². The number of hydrogen-bond donors (Lipinski definition) is 2. The van der Waals surface area contributed by atoms with Gasteiger partial charge in [0.15, 0.2) is 0 Å². The summed E-state index contributed by atoms with van der Waals surface area (Å²) in [5, 5.41) is 10.4. The van der Waals surface area contributed by atoms with Crippen LogP contribution in [-0.4, -0.2) is 11.1 Å². The fourth-order valence-corrected chi connectivity index (χ4v) is 2.14. The number of nitrogens with one attached hydrogen (secondary N) is 1. The van der Waals surface area contributed by atoms with Gasteiger partial charge in [0.2, 0.25) is 0 Å². The first-order chi connectivity index (χ1) is 8.29.